The Hall–Kier alpha value is -2.19. The number of hydrogen-bond donors (Lipinski definition) is 1. The fourth-order valence-electron chi connectivity index (χ4n) is 1.47. The van der Waals surface area contributed by atoms with Crippen LogP contribution in [0, 0.1) is 0 Å². The maximum absolute atomic E-state index is 11.6. The Bertz CT molecular complexity index is 587. The highest BCUT2D eigenvalue weighted by atomic mass is 32.2. The van der Waals surface area contributed by atoms with Crippen molar-refractivity contribution in [3.05, 3.63) is 48.6 Å². The maximum atomic E-state index is 11.6. The van der Waals surface area contributed by atoms with Gasteiger partial charge in [0.2, 0.25) is 5.16 Å². The molecule has 1 N–H and O–H groups in total. The molecule has 1 aromatic heterocycles. The number of allylic oxidation sites excluding steroid dienone is 1. The summed E-state index contributed by atoms with van der Waals surface area (Å²) < 4.78 is 1.57. The summed E-state index contributed by atoms with van der Waals surface area (Å²) in [5.41, 5.74) is 3.37. The van der Waals surface area contributed by atoms with E-state index < -0.39 is 0 Å². The summed E-state index contributed by atoms with van der Waals surface area (Å²) in [5, 5.41) is 11.7. The number of carbonyl (C=O) groups excluding carboxylic acids is 1. The molecule has 1 heterocycles. The van der Waals surface area contributed by atoms with Crippen LogP contribution in [0.4, 0.5) is 0 Å². The van der Waals surface area contributed by atoms with Crippen molar-refractivity contribution in [1.29, 1.82) is 0 Å². The summed E-state index contributed by atoms with van der Waals surface area (Å²) in [5.74, 6) is -0.0733. The number of tetrazole rings is 1. The van der Waals surface area contributed by atoms with Crippen LogP contribution in [-0.4, -0.2) is 31.9 Å². The van der Waals surface area contributed by atoms with Crippen LogP contribution in [0.5, 0.6) is 0 Å². The molecule has 1 aromatic carbocycles. The third-order valence-corrected chi connectivity index (χ3v) is 3.36. The van der Waals surface area contributed by atoms with Gasteiger partial charge in [-0.3, -0.25) is 9.63 Å². The molecule has 0 spiro atoms. The summed E-state index contributed by atoms with van der Waals surface area (Å²) in [6.45, 7) is 4.44. The first-order chi connectivity index (χ1) is 10.3. The van der Waals surface area contributed by atoms with Gasteiger partial charge >= 0.3 is 0 Å². The zero-order chi connectivity index (χ0) is 14.9. The van der Waals surface area contributed by atoms with Gasteiger partial charge in [-0.05, 0) is 16.0 Å². The minimum absolute atomic E-state index is 0.173. The topological polar surface area (TPSA) is 81.9 Å². The van der Waals surface area contributed by atoms with Crippen molar-refractivity contribution in [2.45, 2.75) is 18.3 Å². The normalized spacial score (nSPS) is 10.3. The predicted molar refractivity (Wildman–Crippen MR) is 78.1 cm³/mol. The summed E-state index contributed by atoms with van der Waals surface area (Å²) in [4.78, 5) is 16.8. The molecule has 0 radical (unpaired) electrons. The number of thioether (sulfide) groups is 1. The zero-order valence-corrected chi connectivity index (χ0v) is 12.1. The van der Waals surface area contributed by atoms with Crippen LogP contribution in [0.2, 0.25) is 0 Å². The summed E-state index contributed by atoms with van der Waals surface area (Å²) in [6, 6.07) is 9.59. The van der Waals surface area contributed by atoms with Gasteiger partial charge in [-0.15, -0.1) is 11.7 Å². The summed E-state index contributed by atoms with van der Waals surface area (Å²) in [7, 11) is 0. The molecular weight excluding hydrogens is 290 g/mol. The molecule has 21 heavy (non-hydrogen) atoms. The molecule has 0 aliphatic carbocycles. The van der Waals surface area contributed by atoms with E-state index in [0.717, 1.165) is 5.56 Å². The number of amides is 1. The van der Waals surface area contributed by atoms with Gasteiger partial charge in [0.25, 0.3) is 5.91 Å². The van der Waals surface area contributed by atoms with Crippen LogP contribution < -0.4 is 5.48 Å². The SMILES string of the molecule is C=CCn1nnnc1SCC(=O)NOCc1ccccc1. The minimum atomic E-state index is -0.246. The van der Waals surface area contributed by atoms with E-state index in [4.69, 9.17) is 4.84 Å². The fourth-order valence-corrected chi connectivity index (χ4v) is 2.14. The molecule has 1 amide bonds. The van der Waals surface area contributed by atoms with Crippen LogP contribution in [-0.2, 0) is 22.8 Å². The molecule has 2 rings (SSSR count). The second-order valence-corrected chi connectivity index (χ2v) is 4.96. The van der Waals surface area contributed by atoms with Crippen molar-refractivity contribution in [1.82, 2.24) is 25.7 Å². The molecule has 0 atom stereocenters. The molecule has 2 aromatic rings. The number of carbonyl (C=O) groups is 1. The molecular formula is C13H15N5O2S. The molecule has 0 unspecified atom stereocenters. The highest BCUT2D eigenvalue weighted by Gasteiger charge is 2.09. The molecule has 7 nitrogen and oxygen atoms in total. The number of hydroxylamine groups is 1. The fraction of sp³-hybridized carbons (Fsp3) is 0.231. The Morgan fingerprint density at radius 1 is 1.43 bits per heavy atom. The van der Waals surface area contributed by atoms with Gasteiger partial charge in [0.1, 0.15) is 0 Å². The van der Waals surface area contributed by atoms with E-state index in [1.165, 1.54) is 11.8 Å². The average Bonchev–Trinajstić information content (AvgIpc) is 2.94. The van der Waals surface area contributed by atoms with E-state index >= 15 is 0 Å². The number of nitrogens with one attached hydrogen (secondary N) is 1. The molecule has 0 aliphatic rings. The van der Waals surface area contributed by atoms with E-state index in [-0.39, 0.29) is 11.7 Å². The van der Waals surface area contributed by atoms with Gasteiger partial charge < -0.3 is 0 Å². The summed E-state index contributed by atoms with van der Waals surface area (Å²) in [6.07, 6.45) is 1.68. The molecule has 110 valence electrons. The van der Waals surface area contributed by atoms with Crippen molar-refractivity contribution in [3.63, 3.8) is 0 Å². The van der Waals surface area contributed by atoms with Crippen molar-refractivity contribution in [2.75, 3.05) is 5.75 Å². The minimum Gasteiger partial charge on any atom is -0.272 e. The van der Waals surface area contributed by atoms with Crippen molar-refractivity contribution >= 4 is 17.7 Å². The smallest absolute Gasteiger partial charge is 0.254 e. The van der Waals surface area contributed by atoms with Crippen LogP contribution in [0.15, 0.2) is 48.1 Å². The predicted octanol–water partition coefficient (Wildman–Crippen LogP) is 1.20. The maximum Gasteiger partial charge on any atom is 0.254 e. The molecule has 8 heteroatoms. The van der Waals surface area contributed by atoms with E-state index in [1.54, 1.807) is 10.8 Å². The lowest BCUT2D eigenvalue weighted by molar-refractivity contribution is -0.131. The van der Waals surface area contributed by atoms with Crippen molar-refractivity contribution in [3.8, 4) is 0 Å². The summed E-state index contributed by atoms with van der Waals surface area (Å²) >= 11 is 1.24. The van der Waals surface area contributed by atoms with E-state index in [2.05, 4.69) is 27.6 Å². The van der Waals surface area contributed by atoms with Gasteiger partial charge in [-0.25, -0.2) is 10.2 Å². The standard InChI is InChI=1S/C13H15N5O2S/c1-2-8-18-13(14-16-17-18)21-10-12(19)15-20-9-11-6-4-3-5-7-11/h2-7H,1,8-10H2,(H,15,19). The van der Waals surface area contributed by atoms with Gasteiger partial charge in [0, 0.05) is 0 Å². The van der Waals surface area contributed by atoms with Crippen LogP contribution in [0.1, 0.15) is 5.56 Å². The van der Waals surface area contributed by atoms with E-state index in [9.17, 15) is 4.79 Å². The molecule has 0 aliphatic heterocycles. The van der Waals surface area contributed by atoms with Crippen LogP contribution in [0.25, 0.3) is 0 Å². The van der Waals surface area contributed by atoms with Crippen molar-refractivity contribution in [2.24, 2.45) is 0 Å². The lowest BCUT2D eigenvalue weighted by atomic mass is 10.2. The lowest BCUT2D eigenvalue weighted by Gasteiger charge is -2.05. The highest BCUT2D eigenvalue weighted by molar-refractivity contribution is 7.99. The molecule has 0 saturated carbocycles. The quantitative estimate of drug-likeness (QED) is 0.448. The first-order valence-electron chi connectivity index (χ1n) is 6.24. The van der Waals surface area contributed by atoms with Crippen LogP contribution in [0.3, 0.4) is 0 Å². The molecule has 0 bridgehead atoms. The number of hydrogen-bond acceptors (Lipinski definition) is 6. The van der Waals surface area contributed by atoms with Crippen molar-refractivity contribution < 1.29 is 9.63 Å². The number of rotatable bonds is 8. The largest absolute Gasteiger partial charge is 0.272 e. The Labute approximate surface area is 126 Å². The van der Waals surface area contributed by atoms with Gasteiger partial charge in [0.05, 0.1) is 18.9 Å². The first kappa shape index (κ1) is 15.2. The zero-order valence-electron chi connectivity index (χ0n) is 11.3. The van der Waals surface area contributed by atoms with Crippen LogP contribution >= 0.6 is 11.8 Å². The number of nitrogens with zero attached hydrogens (tertiary/aromatic N) is 4. The Kier molecular flexibility index (Phi) is 5.92. The van der Waals surface area contributed by atoms with Gasteiger partial charge in [-0.2, -0.15) is 0 Å². The highest BCUT2D eigenvalue weighted by Crippen LogP contribution is 2.12. The second-order valence-electron chi connectivity index (χ2n) is 4.02. The monoisotopic (exact) mass is 305 g/mol. The second kappa shape index (κ2) is 8.18. The Morgan fingerprint density at radius 3 is 3.00 bits per heavy atom. The lowest BCUT2D eigenvalue weighted by Crippen LogP contribution is -2.25. The van der Waals surface area contributed by atoms with E-state index in [0.29, 0.717) is 18.3 Å². The van der Waals surface area contributed by atoms with E-state index in [1.807, 2.05) is 30.3 Å². The Balaban J connectivity index is 1.70. The Morgan fingerprint density at radius 2 is 2.24 bits per heavy atom. The molecule has 0 saturated heterocycles. The molecule has 0 fully saturated rings. The third-order valence-electron chi connectivity index (χ3n) is 2.40. The third kappa shape index (κ3) is 5.01. The number of aromatic nitrogens is 4. The first-order valence-corrected chi connectivity index (χ1v) is 7.22. The number of benzene rings is 1. The average molecular weight is 305 g/mol. The van der Waals surface area contributed by atoms with Gasteiger partial charge in [0.15, 0.2) is 0 Å². The van der Waals surface area contributed by atoms with Gasteiger partial charge in [-0.1, -0.05) is 48.2 Å².